The first-order valence-corrected chi connectivity index (χ1v) is 10.1. The van der Waals surface area contributed by atoms with Crippen LogP contribution in [0.5, 0.6) is 11.5 Å². The van der Waals surface area contributed by atoms with Gasteiger partial charge in [-0.3, -0.25) is 19.7 Å². The van der Waals surface area contributed by atoms with Crippen LogP contribution in [0, 0.1) is 0 Å². The number of alkyl halides is 3. The van der Waals surface area contributed by atoms with Gasteiger partial charge in [0.05, 0.1) is 17.1 Å². The Hall–Kier alpha value is -3.47. The molecule has 168 valence electrons. The Kier molecular flexibility index (Phi) is 7.08. The van der Waals surface area contributed by atoms with Crippen molar-refractivity contribution in [1.82, 2.24) is 5.32 Å². The minimum absolute atomic E-state index is 0.0117. The molecule has 1 fully saturated rings. The van der Waals surface area contributed by atoms with Crippen LogP contribution in [0.15, 0.2) is 47.4 Å². The average Bonchev–Trinajstić information content (AvgIpc) is 3.04. The second-order valence-electron chi connectivity index (χ2n) is 6.41. The molecule has 11 heteroatoms. The Balaban J connectivity index is 1.68. The van der Waals surface area contributed by atoms with Crippen LogP contribution in [0.2, 0.25) is 0 Å². The molecule has 1 saturated heterocycles. The molecule has 1 aliphatic rings. The largest absolute Gasteiger partial charge is 0.490 e. The smallest absolute Gasteiger partial charge is 0.416 e. The maximum atomic E-state index is 12.8. The van der Waals surface area contributed by atoms with E-state index in [9.17, 15) is 27.6 Å². The summed E-state index contributed by atoms with van der Waals surface area (Å²) < 4.78 is 49.4. The summed E-state index contributed by atoms with van der Waals surface area (Å²) in [4.78, 5) is 35.3. The highest BCUT2D eigenvalue weighted by molar-refractivity contribution is 8.18. The molecule has 0 unspecified atom stereocenters. The number of carbonyl (C=O) groups excluding carboxylic acids is 3. The number of anilines is 1. The van der Waals surface area contributed by atoms with Gasteiger partial charge in [-0.05, 0) is 60.7 Å². The molecular formula is C21H17F3N2O5S. The monoisotopic (exact) mass is 466 g/mol. The van der Waals surface area contributed by atoms with E-state index in [0.29, 0.717) is 17.9 Å². The molecule has 0 spiro atoms. The number of hydrogen-bond acceptors (Lipinski definition) is 6. The summed E-state index contributed by atoms with van der Waals surface area (Å²) in [6.07, 6.45) is -3.01. The molecule has 0 radical (unpaired) electrons. The second-order valence-corrected chi connectivity index (χ2v) is 7.42. The highest BCUT2D eigenvalue weighted by atomic mass is 32.2. The van der Waals surface area contributed by atoms with Crippen LogP contribution in [0.1, 0.15) is 18.1 Å². The predicted molar refractivity (Wildman–Crippen MR) is 112 cm³/mol. The van der Waals surface area contributed by atoms with Gasteiger partial charge in [-0.15, -0.1) is 0 Å². The molecular weight excluding hydrogens is 449 g/mol. The summed E-state index contributed by atoms with van der Waals surface area (Å²) in [6, 6.07) is 8.96. The van der Waals surface area contributed by atoms with Crippen molar-refractivity contribution in [1.29, 1.82) is 0 Å². The van der Waals surface area contributed by atoms with Crippen LogP contribution in [0.25, 0.3) is 6.08 Å². The molecule has 0 aromatic heterocycles. The van der Waals surface area contributed by atoms with Crippen molar-refractivity contribution < 1.29 is 37.0 Å². The number of thioether (sulfide) groups is 1. The van der Waals surface area contributed by atoms with E-state index < -0.39 is 35.4 Å². The van der Waals surface area contributed by atoms with Crippen molar-refractivity contribution in [2.45, 2.75) is 13.1 Å². The molecule has 2 aromatic carbocycles. The van der Waals surface area contributed by atoms with Gasteiger partial charge in [0, 0.05) is 5.69 Å². The number of halogens is 3. The van der Waals surface area contributed by atoms with Crippen LogP contribution in [0.4, 0.5) is 23.7 Å². The Morgan fingerprint density at radius 3 is 2.56 bits per heavy atom. The topological polar surface area (TPSA) is 93.7 Å². The molecule has 7 nitrogen and oxygen atoms in total. The zero-order valence-corrected chi connectivity index (χ0v) is 17.4. The summed E-state index contributed by atoms with van der Waals surface area (Å²) in [5.74, 6) is -0.628. The van der Waals surface area contributed by atoms with Gasteiger partial charge in [0.1, 0.15) is 0 Å². The lowest BCUT2D eigenvalue weighted by molar-refractivity contribution is -0.137. The van der Waals surface area contributed by atoms with Gasteiger partial charge in [0.15, 0.2) is 18.1 Å². The predicted octanol–water partition coefficient (Wildman–Crippen LogP) is 4.45. The normalized spacial score (nSPS) is 14.9. The minimum Gasteiger partial charge on any atom is -0.490 e. The molecule has 1 heterocycles. The van der Waals surface area contributed by atoms with Crippen molar-refractivity contribution >= 4 is 40.6 Å². The van der Waals surface area contributed by atoms with Gasteiger partial charge in [-0.25, -0.2) is 0 Å². The number of benzene rings is 2. The average molecular weight is 466 g/mol. The maximum absolute atomic E-state index is 12.8. The quantitative estimate of drug-likeness (QED) is 0.586. The van der Waals surface area contributed by atoms with Gasteiger partial charge >= 0.3 is 6.18 Å². The Bertz CT molecular complexity index is 1090. The van der Waals surface area contributed by atoms with E-state index in [4.69, 9.17) is 9.47 Å². The first-order valence-electron chi connectivity index (χ1n) is 9.27. The van der Waals surface area contributed by atoms with Crippen molar-refractivity contribution in [3.8, 4) is 11.5 Å². The third-order valence-electron chi connectivity index (χ3n) is 4.04. The highest BCUT2D eigenvalue weighted by Gasteiger charge is 2.30. The third kappa shape index (κ3) is 6.03. The Labute approximate surface area is 185 Å². The molecule has 0 bridgehead atoms. The molecule has 2 aromatic rings. The van der Waals surface area contributed by atoms with E-state index in [-0.39, 0.29) is 16.3 Å². The summed E-state index contributed by atoms with van der Waals surface area (Å²) in [5.41, 5.74) is -0.320. The first kappa shape index (κ1) is 23.2. The molecule has 3 rings (SSSR count). The van der Waals surface area contributed by atoms with E-state index >= 15 is 0 Å². The molecule has 3 amide bonds. The van der Waals surface area contributed by atoms with Crippen LogP contribution in [0.3, 0.4) is 0 Å². The number of carbonyl (C=O) groups is 3. The molecule has 32 heavy (non-hydrogen) atoms. The fraction of sp³-hybridized carbons (Fsp3) is 0.190. The van der Waals surface area contributed by atoms with Gasteiger partial charge < -0.3 is 14.8 Å². The third-order valence-corrected chi connectivity index (χ3v) is 4.85. The molecule has 0 aliphatic carbocycles. The minimum atomic E-state index is -4.52. The van der Waals surface area contributed by atoms with E-state index in [1.807, 2.05) is 0 Å². The van der Waals surface area contributed by atoms with E-state index in [1.54, 1.807) is 19.1 Å². The maximum Gasteiger partial charge on any atom is 0.416 e. The molecule has 0 saturated carbocycles. The standard InChI is InChI=1S/C21H17F3N2O5S/c1-2-30-16-8-12(9-17-19(28)26-20(29)32-17)6-7-15(16)31-11-18(27)25-14-5-3-4-13(10-14)21(22,23)24/h3-10H,2,11H2,1H3,(H,25,27)(H,26,28,29)/b17-9-. The van der Waals surface area contributed by atoms with Crippen LogP contribution in [-0.2, 0) is 15.8 Å². The lowest BCUT2D eigenvalue weighted by Crippen LogP contribution is -2.20. The second kappa shape index (κ2) is 9.77. The molecule has 1 aliphatic heterocycles. The first-order chi connectivity index (χ1) is 15.2. The number of nitrogens with one attached hydrogen (secondary N) is 2. The lowest BCUT2D eigenvalue weighted by Gasteiger charge is -2.13. The zero-order chi connectivity index (χ0) is 23.3. The van der Waals surface area contributed by atoms with Crippen molar-refractivity contribution in [2.24, 2.45) is 0 Å². The molecule has 2 N–H and O–H groups in total. The van der Waals surface area contributed by atoms with Crippen molar-refractivity contribution in [2.75, 3.05) is 18.5 Å². The number of ether oxygens (including phenoxy) is 2. The fourth-order valence-corrected chi connectivity index (χ4v) is 3.37. The Morgan fingerprint density at radius 2 is 1.91 bits per heavy atom. The zero-order valence-electron chi connectivity index (χ0n) is 16.6. The van der Waals surface area contributed by atoms with Crippen LogP contribution < -0.4 is 20.1 Å². The molecule has 0 atom stereocenters. The summed E-state index contributed by atoms with van der Waals surface area (Å²) in [5, 5.41) is 4.05. The van der Waals surface area contributed by atoms with Gasteiger partial charge in [0.2, 0.25) is 0 Å². The number of rotatable bonds is 7. The van der Waals surface area contributed by atoms with Gasteiger partial charge in [-0.1, -0.05) is 12.1 Å². The van der Waals surface area contributed by atoms with E-state index in [2.05, 4.69) is 10.6 Å². The van der Waals surface area contributed by atoms with E-state index in [0.717, 1.165) is 23.9 Å². The summed E-state index contributed by atoms with van der Waals surface area (Å²) >= 11 is 0.776. The van der Waals surface area contributed by atoms with Crippen LogP contribution >= 0.6 is 11.8 Å². The SMILES string of the molecule is CCOc1cc(/C=C2\SC(=O)NC2=O)ccc1OCC(=O)Nc1cccc(C(F)(F)F)c1. The highest BCUT2D eigenvalue weighted by Crippen LogP contribution is 2.32. The lowest BCUT2D eigenvalue weighted by atomic mass is 10.2. The van der Waals surface area contributed by atoms with Gasteiger partial charge in [-0.2, -0.15) is 13.2 Å². The number of imide groups is 1. The van der Waals surface area contributed by atoms with Crippen molar-refractivity contribution in [3.05, 3.63) is 58.5 Å². The number of amides is 3. The number of hydrogen-bond donors (Lipinski definition) is 2. The summed E-state index contributed by atoms with van der Waals surface area (Å²) in [7, 11) is 0. The summed E-state index contributed by atoms with van der Waals surface area (Å²) in [6.45, 7) is 1.57. The van der Waals surface area contributed by atoms with E-state index in [1.165, 1.54) is 24.3 Å². The Morgan fingerprint density at radius 1 is 1.12 bits per heavy atom. The fourth-order valence-electron chi connectivity index (χ4n) is 2.69. The van der Waals surface area contributed by atoms with Crippen molar-refractivity contribution in [3.63, 3.8) is 0 Å². The van der Waals surface area contributed by atoms with Crippen LogP contribution in [-0.4, -0.2) is 30.3 Å². The van der Waals surface area contributed by atoms with Gasteiger partial charge in [0.25, 0.3) is 17.1 Å².